The summed E-state index contributed by atoms with van der Waals surface area (Å²) in [5.74, 6) is -2.41. The molecule has 5 rings (SSSR count). The zero-order valence-electron chi connectivity index (χ0n) is 23.1. The molecule has 2 aromatic heterocycles. The minimum absolute atomic E-state index is 0.0222. The van der Waals surface area contributed by atoms with Crippen molar-refractivity contribution in [2.24, 2.45) is 0 Å². The van der Waals surface area contributed by atoms with Gasteiger partial charge in [0, 0.05) is 17.0 Å². The molecule has 0 aliphatic carbocycles. The molecule has 1 fully saturated rings. The van der Waals surface area contributed by atoms with Gasteiger partial charge in [-0.2, -0.15) is 13.9 Å². The van der Waals surface area contributed by atoms with Crippen LogP contribution in [0.15, 0.2) is 72.9 Å². The number of fused-ring (bicyclic) bond motifs is 1. The number of nitrogens with one attached hydrogen (secondary N) is 2. The number of ketones is 1. The number of aromatic nitrogens is 3. The molecule has 0 bridgehead atoms. The second-order valence-corrected chi connectivity index (χ2v) is 9.65. The normalized spacial score (nSPS) is 14.2. The fraction of sp³-hybridized carbons (Fsp3) is 0.200. The fourth-order valence-electron chi connectivity index (χ4n) is 4.56. The number of carbonyl (C=O) groups is 1. The maximum atomic E-state index is 15.3. The van der Waals surface area contributed by atoms with Crippen molar-refractivity contribution < 1.29 is 36.6 Å². The molecular formula is C30H27F4N5O4. The van der Waals surface area contributed by atoms with Gasteiger partial charge in [0.1, 0.15) is 23.0 Å². The van der Waals surface area contributed by atoms with Crippen molar-refractivity contribution in [3.63, 3.8) is 0 Å². The number of hydrogen-bond donors (Lipinski definition) is 3. The monoisotopic (exact) mass is 597 g/mol. The number of ether oxygens (including phenoxy) is 3. The van der Waals surface area contributed by atoms with Crippen molar-refractivity contribution in [1.82, 2.24) is 14.8 Å². The second-order valence-electron chi connectivity index (χ2n) is 9.65. The van der Waals surface area contributed by atoms with Crippen LogP contribution in [0.3, 0.4) is 0 Å². The number of rotatable bonds is 11. The van der Waals surface area contributed by atoms with Gasteiger partial charge in [-0.15, -0.1) is 0 Å². The Hall–Kier alpha value is -5.04. The number of hydrogen-bond acceptors (Lipinski definition) is 7. The van der Waals surface area contributed by atoms with E-state index in [-0.39, 0.29) is 46.1 Å². The van der Waals surface area contributed by atoms with Gasteiger partial charge in [-0.3, -0.25) is 4.79 Å². The predicted octanol–water partition coefficient (Wildman–Crippen LogP) is 6.35. The molecule has 3 heterocycles. The van der Waals surface area contributed by atoms with E-state index >= 15 is 4.39 Å². The van der Waals surface area contributed by atoms with Gasteiger partial charge in [0.2, 0.25) is 5.78 Å². The number of anilines is 2. The largest absolute Gasteiger partial charge is 0.454 e. The first-order chi connectivity index (χ1) is 20.6. The summed E-state index contributed by atoms with van der Waals surface area (Å²) in [6, 6.07) is 6.88. The number of benzene rings is 2. The van der Waals surface area contributed by atoms with Gasteiger partial charge >= 0.3 is 6.61 Å². The Morgan fingerprint density at radius 3 is 2.67 bits per heavy atom. The molecule has 0 unspecified atom stereocenters. The molecule has 43 heavy (non-hydrogen) atoms. The number of halogens is 4. The van der Waals surface area contributed by atoms with Gasteiger partial charge in [0.25, 0.3) is 0 Å². The number of nitrogens with two attached hydrogens (primary N) is 1. The van der Waals surface area contributed by atoms with E-state index in [1.807, 2.05) is 0 Å². The summed E-state index contributed by atoms with van der Waals surface area (Å²) in [4.78, 5) is 16.4. The zero-order valence-corrected chi connectivity index (χ0v) is 23.1. The number of nitrogens with zero attached hydrogens (tertiary/aromatic N) is 2. The molecule has 0 amide bonds. The highest BCUT2D eigenvalue weighted by Gasteiger charge is 2.25. The lowest BCUT2D eigenvalue weighted by Gasteiger charge is -2.28. The van der Waals surface area contributed by atoms with Crippen LogP contribution in [0.4, 0.5) is 29.1 Å². The van der Waals surface area contributed by atoms with Gasteiger partial charge < -0.3 is 30.2 Å². The van der Waals surface area contributed by atoms with Crippen molar-refractivity contribution >= 4 is 28.2 Å². The highest BCUT2D eigenvalue weighted by molar-refractivity contribution is 6.12. The van der Waals surface area contributed by atoms with E-state index in [0.29, 0.717) is 35.4 Å². The molecule has 1 aliphatic rings. The third-order valence-corrected chi connectivity index (χ3v) is 6.63. The summed E-state index contributed by atoms with van der Waals surface area (Å²) in [7, 11) is 0. The van der Waals surface area contributed by atoms with E-state index in [4.69, 9.17) is 15.2 Å². The van der Waals surface area contributed by atoms with E-state index in [1.165, 1.54) is 30.5 Å². The predicted molar refractivity (Wildman–Crippen MR) is 153 cm³/mol. The number of nitrogen functional groups attached to an aromatic ring is 1. The molecule has 0 spiro atoms. The quantitative estimate of drug-likeness (QED) is 0.0799. The van der Waals surface area contributed by atoms with Crippen LogP contribution in [0.2, 0.25) is 0 Å². The Bertz CT molecular complexity index is 1750. The summed E-state index contributed by atoms with van der Waals surface area (Å²) in [5.41, 5.74) is 7.45. The molecule has 224 valence electrons. The Morgan fingerprint density at radius 1 is 1.28 bits per heavy atom. The minimum atomic E-state index is -3.05. The molecule has 9 nitrogen and oxygen atoms in total. The smallest absolute Gasteiger partial charge is 0.387 e. The fourth-order valence-corrected chi connectivity index (χ4v) is 4.56. The van der Waals surface area contributed by atoms with Crippen molar-refractivity contribution in [2.75, 3.05) is 24.3 Å². The molecule has 0 atom stereocenters. The SMILES string of the molecule is C=C/C(F)=C(\C=C/C)Oc1cc(C)c(-n2ncc(C(=O)c3cc4cc(OC(F)F)c(NC5COC5)cc4[nH]3)c2N)c(F)c1. The van der Waals surface area contributed by atoms with Crippen LogP contribution in [-0.4, -0.2) is 46.4 Å². The van der Waals surface area contributed by atoms with Crippen LogP contribution in [-0.2, 0) is 4.74 Å². The molecule has 1 aliphatic heterocycles. The third-order valence-electron chi connectivity index (χ3n) is 6.63. The topological polar surface area (TPSA) is 116 Å². The van der Waals surface area contributed by atoms with E-state index in [9.17, 15) is 18.0 Å². The number of aryl methyl sites for hydroxylation is 1. The van der Waals surface area contributed by atoms with Crippen molar-refractivity contribution in [3.05, 3.63) is 95.6 Å². The molecule has 0 saturated carbocycles. The lowest BCUT2D eigenvalue weighted by Crippen LogP contribution is -2.40. The number of allylic oxidation sites excluding steroid dienone is 4. The van der Waals surface area contributed by atoms with Crippen molar-refractivity contribution in [2.45, 2.75) is 26.5 Å². The second kappa shape index (κ2) is 12.1. The highest BCUT2D eigenvalue weighted by atomic mass is 19.3. The van der Waals surface area contributed by atoms with Gasteiger partial charge in [-0.25, -0.2) is 13.5 Å². The maximum absolute atomic E-state index is 15.3. The minimum Gasteiger partial charge on any atom is -0.454 e. The molecule has 2 aromatic carbocycles. The van der Waals surface area contributed by atoms with Crippen LogP contribution in [0, 0.1) is 12.7 Å². The van der Waals surface area contributed by atoms with E-state index in [2.05, 4.69) is 26.7 Å². The standard InChI is InChI=1S/C30H27F4N5O4/c1-4-6-25(20(31)5-2)42-18-7-15(3)27(21(32)10-18)39-29(35)19(12-36-39)28(40)24-8-16-9-26(43-30(33)34)23(11-22(16)38-24)37-17-13-41-14-17/h4-12,17,30,37-38H,2,13-14,35H2,1,3H3/b6-4-,25-20-. The average molecular weight is 598 g/mol. The van der Waals surface area contributed by atoms with Gasteiger partial charge in [-0.05, 0) is 55.8 Å². The Morgan fingerprint density at radius 2 is 2.05 bits per heavy atom. The Labute approximate surface area is 243 Å². The van der Waals surface area contributed by atoms with Crippen molar-refractivity contribution in [3.8, 4) is 17.2 Å². The number of H-pyrrole nitrogens is 1. The number of alkyl halides is 2. The highest BCUT2D eigenvalue weighted by Crippen LogP contribution is 2.34. The molecular weight excluding hydrogens is 570 g/mol. The van der Waals surface area contributed by atoms with E-state index < -0.39 is 24.0 Å². The van der Waals surface area contributed by atoms with E-state index in [0.717, 1.165) is 16.8 Å². The van der Waals surface area contributed by atoms with Crippen molar-refractivity contribution in [1.29, 1.82) is 0 Å². The average Bonchev–Trinajstić information content (AvgIpc) is 3.52. The van der Waals surface area contributed by atoms with Gasteiger partial charge in [0.05, 0.1) is 42.4 Å². The Kier molecular flexibility index (Phi) is 8.26. The van der Waals surface area contributed by atoms with Crippen LogP contribution in [0.25, 0.3) is 16.6 Å². The van der Waals surface area contributed by atoms with Crippen LogP contribution in [0.5, 0.6) is 11.5 Å². The van der Waals surface area contributed by atoms with Crippen LogP contribution in [0.1, 0.15) is 28.5 Å². The summed E-state index contributed by atoms with van der Waals surface area (Å²) < 4.78 is 72.0. The first-order valence-corrected chi connectivity index (χ1v) is 13.1. The molecule has 0 radical (unpaired) electrons. The van der Waals surface area contributed by atoms with Gasteiger partial charge in [-0.1, -0.05) is 12.7 Å². The summed E-state index contributed by atoms with van der Waals surface area (Å²) in [5, 5.41) is 7.67. The van der Waals surface area contributed by atoms with E-state index in [1.54, 1.807) is 26.0 Å². The van der Waals surface area contributed by atoms with Crippen LogP contribution < -0.4 is 20.5 Å². The van der Waals surface area contributed by atoms with Gasteiger partial charge in [0.15, 0.2) is 17.4 Å². The molecule has 1 saturated heterocycles. The zero-order chi connectivity index (χ0) is 30.8. The summed E-state index contributed by atoms with van der Waals surface area (Å²) >= 11 is 0. The maximum Gasteiger partial charge on any atom is 0.387 e. The number of carbonyl (C=O) groups excluding carboxylic acids is 1. The summed E-state index contributed by atoms with van der Waals surface area (Å²) in [6.07, 6.45) is 5.11. The third kappa shape index (κ3) is 5.97. The Balaban J connectivity index is 1.45. The molecule has 4 aromatic rings. The molecule has 13 heteroatoms. The lowest BCUT2D eigenvalue weighted by molar-refractivity contribution is -0.0494. The first-order valence-electron chi connectivity index (χ1n) is 13.1. The summed E-state index contributed by atoms with van der Waals surface area (Å²) in [6.45, 7) is 4.41. The van der Waals surface area contributed by atoms with Crippen LogP contribution >= 0.6 is 0 Å². The molecule has 4 N–H and O–H groups in total. The number of aromatic amines is 1. The lowest BCUT2D eigenvalue weighted by atomic mass is 10.1. The first kappa shape index (κ1) is 29.5.